The van der Waals surface area contributed by atoms with Crippen LogP contribution in [-0.4, -0.2) is 37.5 Å². The minimum Gasteiger partial charge on any atom is -0.341 e. The second-order valence-corrected chi connectivity index (χ2v) is 5.30. The zero-order valence-corrected chi connectivity index (χ0v) is 10.1. The number of nitrogens with zero attached hydrogens (tertiary/aromatic N) is 3. The number of hydrogen-bond acceptors (Lipinski definition) is 5. The summed E-state index contributed by atoms with van der Waals surface area (Å²) >= 11 is 0. The van der Waals surface area contributed by atoms with Crippen molar-refractivity contribution >= 4 is 16.2 Å². The lowest BCUT2D eigenvalue weighted by Crippen LogP contribution is -2.47. The average molecular weight is 257 g/mol. The third kappa shape index (κ3) is 3.62. The Balaban J connectivity index is 1.91. The highest BCUT2D eigenvalue weighted by molar-refractivity contribution is 7.87. The second kappa shape index (κ2) is 4.94. The molecule has 0 aromatic carbocycles. The van der Waals surface area contributed by atoms with Gasteiger partial charge >= 0.3 is 0 Å². The van der Waals surface area contributed by atoms with E-state index in [0.717, 1.165) is 13.1 Å². The molecule has 1 fully saturated rings. The highest BCUT2D eigenvalue weighted by Crippen LogP contribution is 2.15. The molecule has 1 aromatic rings. The first-order valence-electron chi connectivity index (χ1n) is 5.36. The molecule has 0 amide bonds. The van der Waals surface area contributed by atoms with Crippen molar-refractivity contribution in [3.05, 3.63) is 18.5 Å². The monoisotopic (exact) mass is 257 g/mol. The Morgan fingerprint density at radius 2 is 1.88 bits per heavy atom. The molecule has 1 saturated heterocycles. The van der Waals surface area contributed by atoms with E-state index in [4.69, 9.17) is 5.14 Å². The van der Waals surface area contributed by atoms with E-state index >= 15 is 0 Å². The number of aromatic nitrogens is 2. The minimum absolute atomic E-state index is 0.0926. The summed E-state index contributed by atoms with van der Waals surface area (Å²) < 4.78 is 24.2. The van der Waals surface area contributed by atoms with Crippen LogP contribution in [0, 0.1) is 0 Å². The Morgan fingerprint density at radius 3 is 2.41 bits per heavy atom. The molecule has 8 heteroatoms. The summed E-state index contributed by atoms with van der Waals surface area (Å²) in [5.41, 5.74) is 0. The molecule has 0 bridgehead atoms. The molecule has 0 radical (unpaired) electrons. The summed E-state index contributed by atoms with van der Waals surface area (Å²) in [6, 6.07) is 1.67. The SMILES string of the molecule is NS(=O)(=O)NC1CCN(c2ncccn2)CC1. The van der Waals surface area contributed by atoms with Gasteiger partial charge < -0.3 is 4.90 Å². The van der Waals surface area contributed by atoms with Gasteiger partial charge in [-0.1, -0.05) is 0 Å². The van der Waals surface area contributed by atoms with Crippen molar-refractivity contribution in [3.8, 4) is 0 Å². The number of rotatable bonds is 3. The molecule has 7 nitrogen and oxygen atoms in total. The molecule has 1 aromatic heterocycles. The van der Waals surface area contributed by atoms with Gasteiger partial charge in [-0.3, -0.25) is 0 Å². The quantitative estimate of drug-likeness (QED) is 0.741. The fourth-order valence-electron chi connectivity index (χ4n) is 1.88. The van der Waals surface area contributed by atoms with Crippen LogP contribution in [0.1, 0.15) is 12.8 Å². The zero-order valence-electron chi connectivity index (χ0n) is 9.28. The van der Waals surface area contributed by atoms with Crippen molar-refractivity contribution in [2.45, 2.75) is 18.9 Å². The molecule has 1 aliphatic rings. The first-order chi connectivity index (χ1) is 8.04. The van der Waals surface area contributed by atoms with E-state index < -0.39 is 10.2 Å². The van der Waals surface area contributed by atoms with Gasteiger partial charge in [0.05, 0.1) is 0 Å². The normalized spacial score (nSPS) is 18.3. The summed E-state index contributed by atoms with van der Waals surface area (Å²) in [7, 11) is -3.61. The van der Waals surface area contributed by atoms with E-state index in [0.29, 0.717) is 18.8 Å². The van der Waals surface area contributed by atoms with Crippen LogP contribution in [0.5, 0.6) is 0 Å². The van der Waals surface area contributed by atoms with Gasteiger partial charge in [0.25, 0.3) is 10.2 Å². The third-order valence-corrected chi connectivity index (χ3v) is 3.32. The van der Waals surface area contributed by atoms with Crippen LogP contribution >= 0.6 is 0 Å². The summed E-state index contributed by atoms with van der Waals surface area (Å²) in [6.45, 7) is 1.44. The highest BCUT2D eigenvalue weighted by atomic mass is 32.2. The molecule has 2 rings (SSSR count). The van der Waals surface area contributed by atoms with Crippen LogP contribution in [0.2, 0.25) is 0 Å². The van der Waals surface area contributed by atoms with Gasteiger partial charge in [-0.25, -0.2) is 15.1 Å². The van der Waals surface area contributed by atoms with Crippen LogP contribution in [0.4, 0.5) is 5.95 Å². The lowest BCUT2D eigenvalue weighted by atomic mass is 10.1. The van der Waals surface area contributed by atoms with Gasteiger partial charge in [0.15, 0.2) is 0 Å². The fourth-order valence-corrected chi connectivity index (χ4v) is 2.58. The summed E-state index contributed by atoms with van der Waals surface area (Å²) in [6.07, 6.45) is 4.79. The average Bonchev–Trinajstić information content (AvgIpc) is 2.29. The Bertz CT molecular complexity index is 456. The molecule has 17 heavy (non-hydrogen) atoms. The minimum atomic E-state index is -3.61. The van der Waals surface area contributed by atoms with Crippen LogP contribution in [0.15, 0.2) is 18.5 Å². The lowest BCUT2D eigenvalue weighted by molar-refractivity contribution is 0.456. The van der Waals surface area contributed by atoms with Crippen molar-refractivity contribution in [1.82, 2.24) is 14.7 Å². The van der Waals surface area contributed by atoms with Gasteiger partial charge in [0.1, 0.15) is 0 Å². The molecule has 2 heterocycles. The number of hydrogen-bond donors (Lipinski definition) is 2. The van der Waals surface area contributed by atoms with E-state index in [9.17, 15) is 8.42 Å². The van der Waals surface area contributed by atoms with Crippen molar-refractivity contribution in [2.75, 3.05) is 18.0 Å². The molecule has 0 spiro atoms. The molecular weight excluding hydrogens is 242 g/mol. The van der Waals surface area contributed by atoms with Crippen molar-refractivity contribution in [3.63, 3.8) is 0 Å². The van der Waals surface area contributed by atoms with Gasteiger partial charge in [0, 0.05) is 31.5 Å². The largest absolute Gasteiger partial charge is 0.341 e. The number of piperidine rings is 1. The van der Waals surface area contributed by atoms with Crippen molar-refractivity contribution in [1.29, 1.82) is 0 Å². The van der Waals surface area contributed by atoms with Gasteiger partial charge in [-0.15, -0.1) is 0 Å². The van der Waals surface area contributed by atoms with Crippen LogP contribution in [0.3, 0.4) is 0 Å². The second-order valence-electron chi connectivity index (χ2n) is 3.97. The van der Waals surface area contributed by atoms with E-state index in [2.05, 4.69) is 14.7 Å². The first-order valence-corrected chi connectivity index (χ1v) is 6.91. The standard InChI is InChI=1S/C9H15N5O2S/c10-17(15,16)13-8-2-6-14(7-3-8)9-11-4-1-5-12-9/h1,4-5,8,13H,2-3,6-7H2,(H2,10,15,16). The summed E-state index contributed by atoms with van der Waals surface area (Å²) in [5.74, 6) is 0.682. The molecule has 3 N–H and O–H groups in total. The van der Waals surface area contributed by atoms with Crippen LogP contribution < -0.4 is 14.8 Å². The van der Waals surface area contributed by atoms with E-state index in [1.807, 2.05) is 4.90 Å². The predicted molar refractivity (Wildman–Crippen MR) is 63.5 cm³/mol. The highest BCUT2D eigenvalue weighted by Gasteiger charge is 2.22. The van der Waals surface area contributed by atoms with Crippen molar-refractivity contribution in [2.24, 2.45) is 5.14 Å². The molecule has 0 atom stereocenters. The van der Waals surface area contributed by atoms with Gasteiger partial charge in [0.2, 0.25) is 5.95 Å². The van der Waals surface area contributed by atoms with E-state index in [-0.39, 0.29) is 6.04 Å². The molecule has 0 saturated carbocycles. The predicted octanol–water partition coefficient (Wildman–Crippen LogP) is -0.761. The van der Waals surface area contributed by atoms with Crippen LogP contribution in [-0.2, 0) is 10.2 Å². The van der Waals surface area contributed by atoms with E-state index in [1.165, 1.54) is 0 Å². The van der Waals surface area contributed by atoms with E-state index in [1.54, 1.807) is 18.5 Å². The fraction of sp³-hybridized carbons (Fsp3) is 0.556. The Labute approximate surface area is 100 Å². The van der Waals surface area contributed by atoms with Gasteiger partial charge in [-0.2, -0.15) is 13.1 Å². The third-order valence-electron chi connectivity index (χ3n) is 2.66. The zero-order chi connectivity index (χ0) is 12.3. The number of nitrogens with two attached hydrogens (primary N) is 1. The first kappa shape index (κ1) is 12.2. The molecule has 0 aliphatic carbocycles. The Kier molecular flexibility index (Phi) is 3.55. The van der Waals surface area contributed by atoms with Gasteiger partial charge in [-0.05, 0) is 18.9 Å². The molecule has 94 valence electrons. The topological polar surface area (TPSA) is 101 Å². The lowest BCUT2D eigenvalue weighted by Gasteiger charge is -2.31. The molecule has 1 aliphatic heterocycles. The maximum atomic E-state index is 10.9. The molecular formula is C9H15N5O2S. The maximum Gasteiger partial charge on any atom is 0.274 e. The number of anilines is 1. The molecule has 0 unspecified atom stereocenters. The summed E-state index contributed by atoms with van der Waals surface area (Å²) in [4.78, 5) is 10.3. The Hall–Kier alpha value is -1.25. The maximum absolute atomic E-state index is 10.9. The summed E-state index contributed by atoms with van der Waals surface area (Å²) in [5, 5.41) is 4.93. The van der Waals surface area contributed by atoms with Crippen LogP contribution in [0.25, 0.3) is 0 Å². The van der Waals surface area contributed by atoms with Crippen molar-refractivity contribution < 1.29 is 8.42 Å². The Morgan fingerprint density at radius 1 is 1.29 bits per heavy atom. The number of nitrogens with one attached hydrogen (secondary N) is 1. The smallest absolute Gasteiger partial charge is 0.274 e.